The number of aromatic nitrogens is 1. The predicted octanol–water partition coefficient (Wildman–Crippen LogP) is 2.68. The van der Waals surface area contributed by atoms with Crippen LogP contribution in [0.2, 0.25) is 0 Å². The van der Waals surface area contributed by atoms with Crippen LogP contribution in [0.1, 0.15) is 18.1 Å². The number of nitrogens with one attached hydrogen (secondary N) is 2. The maximum absolute atomic E-state index is 11.8. The Balaban J connectivity index is 1.78. The monoisotopic (exact) mass is 341 g/mol. The van der Waals surface area contributed by atoms with Crippen LogP contribution >= 0.6 is 12.2 Å². The fraction of sp³-hybridized carbons (Fsp3) is 0.167. The number of rotatable bonds is 6. The number of hydrogen-bond acceptors (Lipinski definition) is 4. The van der Waals surface area contributed by atoms with Gasteiger partial charge in [0.25, 0.3) is 0 Å². The van der Waals surface area contributed by atoms with E-state index in [0.29, 0.717) is 13.2 Å². The molecule has 6 heteroatoms. The first-order valence-electron chi connectivity index (χ1n) is 7.56. The number of benzene rings is 1. The third kappa shape index (κ3) is 6.18. The average Bonchev–Trinajstić information content (AvgIpc) is 2.60. The van der Waals surface area contributed by atoms with Crippen molar-refractivity contribution in [2.45, 2.75) is 13.5 Å². The van der Waals surface area contributed by atoms with Crippen LogP contribution in [-0.2, 0) is 11.3 Å². The van der Waals surface area contributed by atoms with E-state index < -0.39 is 0 Å². The maximum Gasteiger partial charge on any atom is 0.250 e. The van der Waals surface area contributed by atoms with Crippen molar-refractivity contribution in [2.75, 3.05) is 6.61 Å². The van der Waals surface area contributed by atoms with E-state index in [1.165, 1.54) is 6.08 Å². The third-order valence-corrected chi connectivity index (χ3v) is 3.28. The van der Waals surface area contributed by atoms with Crippen LogP contribution in [0.5, 0.6) is 5.75 Å². The van der Waals surface area contributed by atoms with Gasteiger partial charge in [-0.3, -0.25) is 15.1 Å². The molecule has 0 bridgehead atoms. The lowest BCUT2D eigenvalue weighted by Gasteiger charge is -2.07. The number of pyridine rings is 1. The van der Waals surface area contributed by atoms with Crippen molar-refractivity contribution in [1.82, 2.24) is 15.6 Å². The summed E-state index contributed by atoms with van der Waals surface area (Å²) in [4.78, 5) is 15.9. The lowest BCUT2D eigenvalue weighted by atomic mass is 10.2. The van der Waals surface area contributed by atoms with Gasteiger partial charge in [-0.15, -0.1) is 0 Å². The molecule has 2 rings (SSSR count). The molecule has 5 nitrogen and oxygen atoms in total. The summed E-state index contributed by atoms with van der Waals surface area (Å²) in [7, 11) is 0. The largest absolute Gasteiger partial charge is 0.494 e. The lowest BCUT2D eigenvalue weighted by molar-refractivity contribution is -0.115. The molecule has 1 aromatic heterocycles. The van der Waals surface area contributed by atoms with E-state index in [2.05, 4.69) is 15.6 Å². The number of ether oxygens (including phenoxy) is 1. The highest BCUT2D eigenvalue weighted by Gasteiger charge is 2.01. The van der Waals surface area contributed by atoms with Crippen molar-refractivity contribution in [2.24, 2.45) is 0 Å². The zero-order valence-electron chi connectivity index (χ0n) is 13.4. The normalized spacial score (nSPS) is 10.4. The van der Waals surface area contributed by atoms with Crippen LogP contribution in [0.4, 0.5) is 0 Å². The van der Waals surface area contributed by atoms with E-state index in [9.17, 15) is 4.79 Å². The standard InChI is InChI=1S/C18H19N3O2S/c1-2-23-16-8-5-14(6-9-16)7-10-17(22)21-18(24)20-13-15-4-3-11-19-12-15/h3-12H,2,13H2,1H3,(H2,20,21,22,24)/b10-7+. The van der Waals surface area contributed by atoms with Gasteiger partial charge in [-0.2, -0.15) is 0 Å². The van der Waals surface area contributed by atoms with E-state index in [4.69, 9.17) is 17.0 Å². The van der Waals surface area contributed by atoms with E-state index >= 15 is 0 Å². The van der Waals surface area contributed by atoms with Gasteiger partial charge in [0.2, 0.25) is 5.91 Å². The van der Waals surface area contributed by atoms with Gasteiger partial charge in [0, 0.05) is 25.0 Å². The first-order valence-corrected chi connectivity index (χ1v) is 7.97. The molecular formula is C18H19N3O2S. The molecule has 0 unspecified atom stereocenters. The van der Waals surface area contributed by atoms with Crippen molar-refractivity contribution in [3.05, 3.63) is 66.0 Å². The molecule has 0 fully saturated rings. The minimum absolute atomic E-state index is 0.278. The Bertz CT molecular complexity index is 700. The van der Waals surface area contributed by atoms with Gasteiger partial charge < -0.3 is 10.1 Å². The van der Waals surface area contributed by atoms with Crippen molar-refractivity contribution in [1.29, 1.82) is 0 Å². The quantitative estimate of drug-likeness (QED) is 0.625. The van der Waals surface area contributed by atoms with Crippen LogP contribution < -0.4 is 15.4 Å². The molecule has 1 aromatic carbocycles. The third-order valence-electron chi connectivity index (χ3n) is 3.03. The molecule has 0 spiro atoms. The molecule has 0 saturated carbocycles. The summed E-state index contributed by atoms with van der Waals surface area (Å²) in [6.45, 7) is 3.07. The van der Waals surface area contributed by atoms with Crippen molar-refractivity contribution < 1.29 is 9.53 Å². The lowest BCUT2D eigenvalue weighted by Crippen LogP contribution is -2.37. The second kappa shape index (κ2) is 9.42. The molecule has 0 aliphatic rings. The zero-order valence-corrected chi connectivity index (χ0v) is 14.2. The highest BCUT2D eigenvalue weighted by Crippen LogP contribution is 2.12. The minimum Gasteiger partial charge on any atom is -0.494 e. The number of carbonyl (C=O) groups is 1. The molecular weight excluding hydrogens is 322 g/mol. The van der Waals surface area contributed by atoms with Crippen molar-refractivity contribution in [3.63, 3.8) is 0 Å². The minimum atomic E-state index is -0.285. The fourth-order valence-corrected chi connectivity index (χ4v) is 2.07. The molecule has 2 aromatic rings. The van der Waals surface area contributed by atoms with Gasteiger partial charge in [-0.05, 0) is 54.5 Å². The van der Waals surface area contributed by atoms with E-state index in [0.717, 1.165) is 16.9 Å². The molecule has 2 N–H and O–H groups in total. The van der Waals surface area contributed by atoms with E-state index in [-0.39, 0.29) is 11.0 Å². The Morgan fingerprint density at radius 3 is 2.75 bits per heavy atom. The van der Waals surface area contributed by atoms with E-state index in [1.54, 1.807) is 18.5 Å². The Labute approximate surface area is 146 Å². The molecule has 0 saturated heterocycles. The van der Waals surface area contributed by atoms with Gasteiger partial charge >= 0.3 is 0 Å². The SMILES string of the molecule is CCOc1ccc(/C=C/C(=O)NC(=S)NCc2cccnc2)cc1. The summed E-state index contributed by atoms with van der Waals surface area (Å²) in [6.07, 6.45) is 6.60. The molecule has 0 atom stereocenters. The Kier molecular flexibility index (Phi) is 6.91. The second-order valence-corrected chi connectivity index (χ2v) is 5.28. The summed E-state index contributed by atoms with van der Waals surface area (Å²) in [5.41, 5.74) is 1.89. The first kappa shape index (κ1) is 17.6. The van der Waals surface area contributed by atoms with Crippen LogP contribution in [0.15, 0.2) is 54.9 Å². The van der Waals surface area contributed by atoms with Gasteiger partial charge in [-0.1, -0.05) is 18.2 Å². The van der Waals surface area contributed by atoms with E-state index in [1.807, 2.05) is 43.3 Å². The summed E-state index contributed by atoms with van der Waals surface area (Å²) in [5, 5.41) is 5.84. The number of carbonyl (C=O) groups excluding carboxylic acids is 1. The molecule has 0 aliphatic heterocycles. The first-order chi connectivity index (χ1) is 11.7. The topological polar surface area (TPSA) is 63.2 Å². The molecule has 124 valence electrons. The number of hydrogen-bond donors (Lipinski definition) is 2. The highest BCUT2D eigenvalue weighted by molar-refractivity contribution is 7.80. The van der Waals surface area contributed by atoms with Gasteiger partial charge in [0.1, 0.15) is 5.75 Å². The van der Waals surface area contributed by atoms with Gasteiger partial charge in [-0.25, -0.2) is 0 Å². The molecule has 0 radical (unpaired) electrons. The average molecular weight is 341 g/mol. The molecule has 1 amide bonds. The summed E-state index contributed by atoms with van der Waals surface area (Å²) < 4.78 is 5.37. The predicted molar refractivity (Wildman–Crippen MR) is 98.5 cm³/mol. The Morgan fingerprint density at radius 1 is 1.29 bits per heavy atom. The van der Waals surface area contributed by atoms with Crippen LogP contribution in [0.3, 0.4) is 0 Å². The molecule has 1 heterocycles. The summed E-state index contributed by atoms with van der Waals surface area (Å²) in [5.74, 6) is 0.521. The summed E-state index contributed by atoms with van der Waals surface area (Å²) >= 11 is 5.09. The van der Waals surface area contributed by atoms with Crippen LogP contribution in [-0.4, -0.2) is 22.6 Å². The maximum atomic E-state index is 11.8. The Hall–Kier alpha value is -2.73. The van der Waals surface area contributed by atoms with Crippen molar-refractivity contribution >= 4 is 29.3 Å². The highest BCUT2D eigenvalue weighted by atomic mass is 32.1. The van der Waals surface area contributed by atoms with Crippen molar-refractivity contribution in [3.8, 4) is 5.75 Å². The number of nitrogens with zero attached hydrogens (tertiary/aromatic N) is 1. The second-order valence-electron chi connectivity index (χ2n) is 4.87. The summed E-state index contributed by atoms with van der Waals surface area (Å²) in [6, 6.07) is 11.3. The number of thiocarbonyl (C=S) groups is 1. The van der Waals surface area contributed by atoms with Crippen LogP contribution in [0.25, 0.3) is 6.08 Å². The van der Waals surface area contributed by atoms with Crippen LogP contribution in [0, 0.1) is 0 Å². The molecule has 24 heavy (non-hydrogen) atoms. The number of amides is 1. The van der Waals surface area contributed by atoms with Gasteiger partial charge in [0.05, 0.1) is 6.61 Å². The smallest absolute Gasteiger partial charge is 0.250 e. The molecule has 0 aliphatic carbocycles. The van der Waals surface area contributed by atoms with Gasteiger partial charge in [0.15, 0.2) is 5.11 Å². The Morgan fingerprint density at radius 2 is 2.08 bits per heavy atom. The fourth-order valence-electron chi connectivity index (χ4n) is 1.90. The zero-order chi connectivity index (χ0) is 17.2.